The molecule has 3 nitrogen and oxygen atoms in total. The van der Waals surface area contributed by atoms with Gasteiger partial charge in [-0.05, 0) is 12.1 Å². The lowest BCUT2D eigenvalue weighted by Crippen LogP contribution is -1.76. The highest BCUT2D eigenvalue weighted by molar-refractivity contribution is 5.57. The molecule has 0 N–H and O–H groups in total. The number of rotatable bonds is 1. The summed E-state index contributed by atoms with van der Waals surface area (Å²) in [6, 6.07) is 5.55. The van der Waals surface area contributed by atoms with E-state index in [9.17, 15) is 0 Å². The number of nitrogens with zero attached hydrogens (tertiary/aromatic N) is 2. The van der Waals surface area contributed by atoms with Gasteiger partial charge in [0.05, 0.1) is 0 Å². The molecule has 3 heteroatoms. The summed E-state index contributed by atoms with van der Waals surface area (Å²) < 4.78 is 4.83. The Morgan fingerprint density at radius 1 is 1.42 bits per heavy atom. The van der Waals surface area contributed by atoms with Gasteiger partial charge in [0, 0.05) is 30.9 Å². The average molecular weight is 159 g/mol. The molecule has 2 aromatic heterocycles. The van der Waals surface area contributed by atoms with Crippen molar-refractivity contribution in [2.75, 3.05) is 0 Å². The summed E-state index contributed by atoms with van der Waals surface area (Å²) in [7, 11) is 0. The second-order valence-corrected chi connectivity index (χ2v) is 2.42. The second kappa shape index (κ2) is 2.77. The Morgan fingerprint density at radius 2 is 2.33 bits per heavy atom. The van der Waals surface area contributed by atoms with E-state index in [1.54, 1.807) is 18.5 Å². The molecule has 0 aromatic carbocycles. The maximum absolute atomic E-state index is 4.83. The van der Waals surface area contributed by atoms with Crippen molar-refractivity contribution < 1.29 is 4.52 Å². The molecule has 59 valence electrons. The van der Waals surface area contributed by atoms with Gasteiger partial charge in [-0.1, -0.05) is 5.16 Å². The Bertz CT molecular complexity index is 367. The zero-order chi connectivity index (χ0) is 8.39. The van der Waals surface area contributed by atoms with Crippen LogP contribution in [0.2, 0.25) is 0 Å². The lowest BCUT2D eigenvalue weighted by atomic mass is 10.2. The smallest absolute Gasteiger partial charge is 0.137 e. The molecule has 2 heterocycles. The molecule has 12 heavy (non-hydrogen) atoms. The Balaban J connectivity index is 2.45. The zero-order valence-electron chi connectivity index (χ0n) is 6.40. The first kappa shape index (κ1) is 7.03. The van der Waals surface area contributed by atoms with Crippen molar-refractivity contribution in [1.82, 2.24) is 10.1 Å². The average Bonchev–Trinajstić information content (AvgIpc) is 2.54. The van der Waals surface area contributed by atoms with Crippen LogP contribution in [0.3, 0.4) is 0 Å². The van der Waals surface area contributed by atoms with Crippen LogP contribution in [0.1, 0.15) is 5.76 Å². The molecule has 2 rings (SSSR count). The fourth-order valence-electron chi connectivity index (χ4n) is 0.963. The fourth-order valence-corrected chi connectivity index (χ4v) is 0.963. The molecule has 0 aliphatic heterocycles. The first-order valence-electron chi connectivity index (χ1n) is 3.55. The van der Waals surface area contributed by atoms with Crippen molar-refractivity contribution in [3.05, 3.63) is 43.3 Å². The molecule has 0 unspecified atom stereocenters. The molecule has 0 atom stereocenters. The van der Waals surface area contributed by atoms with Crippen LogP contribution in [0.5, 0.6) is 0 Å². The third-order valence-electron chi connectivity index (χ3n) is 1.52. The van der Waals surface area contributed by atoms with E-state index < -0.39 is 0 Å². The van der Waals surface area contributed by atoms with E-state index in [0.29, 0.717) is 5.76 Å². The minimum absolute atomic E-state index is 0.564. The molecule has 0 fully saturated rings. The topological polar surface area (TPSA) is 38.9 Å². The molecule has 0 aliphatic rings. The zero-order valence-corrected chi connectivity index (χ0v) is 6.40. The molecule has 0 spiro atoms. The van der Waals surface area contributed by atoms with Crippen LogP contribution in [-0.4, -0.2) is 10.1 Å². The lowest BCUT2D eigenvalue weighted by Gasteiger charge is -1.90. The maximum Gasteiger partial charge on any atom is 0.137 e. The van der Waals surface area contributed by atoms with Gasteiger partial charge >= 0.3 is 0 Å². The highest BCUT2D eigenvalue weighted by atomic mass is 16.5. The highest BCUT2D eigenvalue weighted by Gasteiger charge is 2.01. The van der Waals surface area contributed by atoms with Crippen molar-refractivity contribution >= 4 is 0 Å². The largest absolute Gasteiger partial charge is 0.361 e. The number of hydrogen-bond acceptors (Lipinski definition) is 3. The van der Waals surface area contributed by atoms with E-state index >= 15 is 0 Å². The summed E-state index contributed by atoms with van der Waals surface area (Å²) in [5.41, 5.74) is 1.71. The van der Waals surface area contributed by atoms with Gasteiger partial charge in [0.25, 0.3) is 0 Å². The number of pyridine rings is 1. The Labute approximate surface area is 70.0 Å². The van der Waals surface area contributed by atoms with E-state index in [-0.39, 0.29) is 0 Å². The van der Waals surface area contributed by atoms with Crippen LogP contribution in [-0.2, 0) is 0 Å². The quantitative estimate of drug-likeness (QED) is 0.638. The summed E-state index contributed by atoms with van der Waals surface area (Å²) in [6.45, 7) is 3.62. The van der Waals surface area contributed by atoms with Crippen LogP contribution in [0.15, 0.2) is 35.1 Å². The van der Waals surface area contributed by atoms with Crippen molar-refractivity contribution in [2.45, 2.75) is 0 Å². The molecule has 0 saturated carbocycles. The predicted molar refractivity (Wildman–Crippen MR) is 44.2 cm³/mol. The van der Waals surface area contributed by atoms with Crippen LogP contribution < -0.4 is 0 Å². The molecule has 0 amide bonds. The minimum atomic E-state index is 0.564. The van der Waals surface area contributed by atoms with Gasteiger partial charge in [-0.25, -0.2) is 0 Å². The SMILES string of the molecule is [CH2]c1cc(-c2cccnc2)no1. The molecule has 0 saturated heterocycles. The monoisotopic (exact) mass is 159 g/mol. The van der Waals surface area contributed by atoms with E-state index in [4.69, 9.17) is 4.52 Å². The van der Waals surface area contributed by atoms with Crippen LogP contribution >= 0.6 is 0 Å². The van der Waals surface area contributed by atoms with E-state index in [2.05, 4.69) is 17.1 Å². The van der Waals surface area contributed by atoms with Crippen LogP contribution in [0.4, 0.5) is 0 Å². The Morgan fingerprint density at radius 3 is 2.92 bits per heavy atom. The predicted octanol–water partition coefficient (Wildman–Crippen LogP) is 1.92. The Kier molecular flexibility index (Phi) is 1.63. The molecule has 0 aliphatic carbocycles. The maximum atomic E-state index is 4.83. The van der Waals surface area contributed by atoms with Gasteiger partial charge in [-0.2, -0.15) is 0 Å². The molecule has 1 radical (unpaired) electrons. The lowest BCUT2D eigenvalue weighted by molar-refractivity contribution is 0.409. The molecule has 0 bridgehead atoms. The first-order chi connectivity index (χ1) is 5.86. The molecule has 2 aromatic rings. The summed E-state index contributed by atoms with van der Waals surface area (Å²) in [5, 5.41) is 3.81. The van der Waals surface area contributed by atoms with Gasteiger partial charge in [-0.15, -0.1) is 0 Å². The molecular weight excluding hydrogens is 152 g/mol. The van der Waals surface area contributed by atoms with Crippen LogP contribution in [0.25, 0.3) is 11.3 Å². The standard InChI is InChI=1S/C9H7N2O/c1-7-5-9(11-12-7)8-3-2-4-10-6-8/h2-6H,1H2. The van der Waals surface area contributed by atoms with Gasteiger partial charge < -0.3 is 4.52 Å². The van der Waals surface area contributed by atoms with Gasteiger partial charge in [0.1, 0.15) is 11.5 Å². The summed E-state index contributed by atoms with van der Waals surface area (Å²) >= 11 is 0. The van der Waals surface area contributed by atoms with E-state index in [1.807, 2.05) is 12.1 Å². The van der Waals surface area contributed by atoms with Crippen molar-refractivity contribution in [2.24, 2.45) is 0 Å². The van der Waals surface area contributed by atoms with Crippen LogP contribution in [0, 0.1) is 6.92 Å². The second-order valence-electron chi connectivity index (χ2n) is 2.42. The normalized spacial score (nSPS) is 10.1. The molecular formula is C9H7N2O. The van der Waals surface area contributed by atoms with Gasteiger partial charge in [0.2, 0.25) is 0 Å². The third-order valence-corrected chi connectivity index (χ3v) is 1.52. The van der Waals surface area contributed by atoms with Crippen molar-refractivity contribution in [1.29, 1.82) is 0 Å². The number of hydrogen-bond donors (Lipinski definition) is 0. The first-order valence-corrected chi connectivity index (χ1v) is 3.55. The van der Waals surface area contributed by atoms with Gasteiger partial charge in [0.15, 0.2) is 0 Å². The van der Waals surface area contributed by atoms with E-state index in [0.717, 1.165) is 11.3 Å². The number of aromatic nitrogens is 2. The summed E-state index contributed by atoms with van der Waals surface area (Å²) in [5.74, 6) is 0.564. The Hall–Kier alpha value is -1.64. The highest BCUT2D eigenvalue weighted by Crippen LogP contribution is 2.16. The van der Waals surface area contributed by atoms with E-state index in [1.165, 1.54) is 0 Å². The third kappa shape index (κ3) is 1.21. The summed E-state index contributed by atoms with van der Waals surface area (Å²) in [6.07, 6.45) is 3.45. The minimum Gasteiger partial charge on any atom is -0.361 e. The fraction of sp³-hybridized carbons (Fsp3) is 0. The van der Waals surface area contributed by atoms with Crippen molar-refractivity contribution in [3.8, 4) is 11.3 Å². The van der Waals surface area contributed by atoms with Gasteiger partial charge in [-0.3, -0.25) is 4.98 Å². The summed E-state index contributed by atoms with van der Waals surface area (Å²) in [4.78, 5) is 3.97. The van der Waals surface area contributed by atoms with Crippen molar-refractivity contribution in [3.63, 3.8) is 0 Å².